The highest BCUT2D eigenvalue weighted by Gasteiger charge is 2.12. The fraction of sp³-hybridized carbons (Fsp3) is 0.500. The molecule has 6 heteroatoms. The number of anilines is 1. The Balaban J connectivity index is 2.63. The average molecular weight is 298 g/mol. The predicted octanol–water partition coefficient (Wildman–Crippen LogP) is 1.67. The number of hydrogen-bond donors (Lipinski definition) is 2. The maximum atomic E-state index is 12.1. The van der Waals surface area contributed by atoms with Crippen molar-refractivity contribution >= 4 is 21.4 Å². The highest BCUT2D eigenvalue weighted by atomic mass is 32.2. The van der Waals surface area contributed by atoms with Gasteiger partial charge in [-0.3, -0.25) is 4.79 Å². The van der Waals surface area contributed by atoms with Gasteiger partial charge in [0.15, 0.2) is 9.84 Å². The molecule has 1 rings (SSSR count). The van der Waals surface area contributed by atoms with Gasteiger partial charge in [-0.1, -0.05) is 26.0 Å². The summed E-state index contributed by atoms with van der Waals surface area (Å²) in [4.78, 5) is 12.1. The topological polar surface area (TPSA) is 75.3 Å². The quantitative estimate of drug-likeness (QED) is 0.765. The highest BCUT2D eigenvalue weighted by Crippen LogP contribution is 2.14. The van der Waals surface area contributed by atoms with E-state index in [1.54, 1.807) is 19.1 Å². The summed E-state index contributed by atoms with van der Waals surface area (Å²) in [6, 6.07) is 7.21. The van der Waals surface area contributed by atoms with E-state index in [-0.39, 0.29) is 24.0 Å². The Hall–Kier alpha value is -1.56. The van der Waals surface area contributed by atoms with Gasteiger partial charge in [0.05, 0.1) is 11.3 Å². The SMILES string of the molecule is CCCNc1ccccc1C(=O)NCCS(=O)(=O)CC. The lowest BCUT2D eigenvalue weighted by Gasteiger charge is -2.11. The monoisotopic (exact) mass is 298 g/mol. The van der Waals surface area contributed by atoms with Gasteiger partial charge in [0.2, 0.25) is 0 Å². The van der Waals surface area contributed by atoms with Crippen molar-refractivity contribution in [2.24, 2.45) is 0 Å². The fourth-order valence-corrected chi connectivity index (χ4v) is 2.36. The van der Waals surface area contributed by atoms with Crippen LogP contribution in [0.5, 0.6) is 0 Å². The van der Waals surface area contributed by atoms with E-state index in [0.29, 0.717) is 5.56 Å². The maximum Gasteiger partial charge on any atom is 0.253 e. The minimum Gasteiger partial charge on any atom is -0.384 e. The van der Waals surface area contributed by atoms with Crippen LogP contribution in [0.1, 0.15) is 30.6 Å². The van der Waals surface area contributed by atoms with E-state index in [1.807, 2.05) is 19.1 Å². The summed E-state index contributed by atoms with van der Waals surface area (Å²) < 4.78 is 22.7. The Morgan fingerprint density at radius 1 is 1.15 bits per heavy atom. The number of amides is 1. The second kappa shape index (κ2) is 7.89. The zero-order chi connectivity index (χ0) is 15.0. The van der Waals surface area contributed by atoms with Crippen molar-refractivity contribution in [1.82, 2.24) is 5.32 Å². The molecule has 1 amide bonds. The third-order valence-corrected chi connectivity index (χ3v) is 4.58. The number of nitrogens with one attached hydrogen (secondary N) is 2. The van der Waals surface area contributed by atoms with Crippen molar-refractivity contribution in [3.8, 4) is 0 Å². The summed E-state index contributed by atoms with van der Waals surface area (Å²) in [5, 5.41) is 5.83. The predicted molar refractivity (Wildman–Crippen MR) is 81.9 cm³/mol. The molecule has 2 N–H and O–H groups in total. The smallest absolute Gasteiger partial charge is 0.253 e. The highest BCUT2D eigenvalue weighted by molar-refractivity contribution is 7.91. The molecule has 0 saturated carbocycles. The lowest BCUT2D eigenvalue weighted by Crippen LogP contribution is -2.30. The van der Waals surface area contributed by atoms with Crippen LogP contribution >= 0.6 is 0 Å². The summed E-state index contributed by atoms with van der Waals surface area (Å²) in [7, 11) is -3.05. The van der Waals surface area contributed by atoms with E-state index < -0.39 is 9.84 Å². The first-order chi connectivity index (χ1) is 9.50. The van der Waals surface area contributed by atoms with E-state index in [0.717, 1.165) is 18.7 Å². The Kier molecular flexibility index (Phi) is 6.51. The van der Waals surface area contributed by atoms with E-state index in [4.69, 9.17) is 0 Å². The minimum absolute atomic E-state index is 0.0280. The third-order valence-electron chi connectivity index (χ3n) is 2.88. The van der Waals surface area contributed by atoms with Gasteiger partial charge in [-0.25, -0.2) is 8.42 Å². The number of para-hydroxylation sites is 1. The Labute approximate surface area is 120 Å². The molecule has 0 atom stereocenters. The molecular formula is C14H22N2O3S. The van der Waals surface area contributed by atoms with Crippen molar-refractivity contribution in [2.45, 2.75) is 20.3 Å². The van der Waals surface area contributed by atoms with Crippen LogP contribution in [0.3, 0.4) is 0 Å². The molecule has 0 aliphatic heterocycles. The van der Waals surface area contributed by atoms with E-state index >= 15 is 0 Å². The molecule has 0 saturated heterocycles. The van der Waals surface area contributed by atoms with Gasteiger partial charge in [0.1, 0.15) is 0 Å². The van der Waals surface area contributed by atoms with Crippen LogP contribution in [0, 0.1) is 0 Å². The summed E-state index contributed by atoms with van der Waals surface area (Å²) in [5.41, 5.74) is 1.31. The first-order valence-electron chi connectivity index (χ1n) is 6.81. The second-order valence-corrected chi connectivity index (χ2v) is 6.94. The van der Waals surface area contributed by atoms with Crippen LogP contribution in [0.25, 0.3) is 0 Å². The third kappa shape index (κ3) is 5.21. The molecule has 0 bridgehead atoms. The number of sulfone groups is 1. The molecule has 0 aliphatic carbocycles. The van der Waals surface area contributed by atoms with Gasteiger partial charge in [0.25, 0.3) is 5.91 Å². The zero-order valence-electron chi connectivity index (χ0n) is 12.0. The number of rotatable bonds is 8. The van der Waals surface area contributed by atoms with Crippen molar-refractivity contribution in [3.63, 3.8) is 0 Å². The molecule has 0 fully saturated rings. The normalized spacial score (nSPS) is 11.1. The lowest BCUT2D eigenvalue weighted by atomic mass is 10.1. The molecule has 0 aliphatic rings. The van der Waals surface area contributed by atoms with E-state index in [2.05, 4.69) is 10.6 Å². The van der Waals surface area contributed by atoms with Gasteiger partial charge in [-0.2, -0.15) is 0 Å². The number of carbonyl (C=O) groups is 1. The molecule has 20 heavy (non-hydrogen) atoms. The van der Waals surface area contributed by atoms with Crippen molar-refractivity contribution in [3.05, 3.63) is 29.8 Å². The first-order valence-corrected chi connectivity index (χ1v) is 8.63. The number of hydrogen-bond acceptors (Lipinski definition) is 4. The van der Waals surface area contributed by atoms with Crippen molar-refractivity contribution in [1.29, 1.82) is 0 Å². The largest absolute Gasteiger partial charge is 0.384 e. The molecule has 0 aromatic heterocycles. The van der Waals surface area contributed by atoms with Crippen LogP contribution < -0.4 is 10.6 Å². The van der Waals surface area contributed by atoms with E-state index in [1.165, 1.54) is 0 Å². The molecule has 0 radical (unpaired) electrons. The number of carbonyl (C=O) groups excluding carboxylic acids is 1. The second-order valence-electron chi connectivity index (χ2n) is 4.46. The van der Waals surface area contributed by atoms with Gasteiger partial charge in [0, 0.05) is 24.5 Å². The molecule has 1 aromatic carbocycles. The van der Waals surface area contributed by atoms with Crippen LogP contribution in [0.15, 0.2) is 24.3 Å². The van der Waals surface area contributed by atoms with Crippen molar-refractivity contribution in [2.75, 3.05) is 29.9 Å². The molecule has 1 aromatic rings. The van der Waals surface area contributed by atoms with Gasteiger partial charge in [-0.05, 0) is 18.6 Å². The van der Waals surface area contributed by atoms with Gasteiger partial charge < -0.3 is 10.6 Å². The first kappa shape index (κ1) is 16.5. The van der Waals surface area contributed by atoms with Crippen LogP contribution in [-0.4, -0.2) is 38.9 Å². The summed E-state index contributed by atoms with van der Waals surface area (Å²) in [6.07, 6.45) is 0.963. The maximum absolute atomic E-state index is 12.1. The molecular weight excluding hydrogens is 276 g/mol. The summed E-state index contributed by atoms with van der Waals surface area (Å²) in [6.45, 7) is 4.57. The lowest BCUT2D eigenvalue weighted by molar-refractivity contribution is 0.0957. The van der Waals surface area contributed by atoms with Crippen LogP contribution in [0.2, 0.25) is 0 Å². The summed E-state index contributed by atoms with van der Waals surface area (Å²) in [5.74, 6) is -0.187. The van der Waals surface area contributed by atoms with Crippen molar-refractivity contribution < 1.29 is 13.2 Å². The number of benzene rings is 1. The van der Waals surface area contributed by atoms with Crippen LogP contribution in [-0.2, 0) is 9.84 Å². The molecule has 5 nitrogen and oxygen atoms in total. The fourth-order valence-electron chi connectivity index (χ4n) is 1.65. The zero-order valence-corrected chi connectivity index (χ0v) is 12.8. The summed E-state index contributed by atoms with van der Waals surface area (Å²) >= 11 is 0. The molecule has 0 unspecified atom stereocenters. The standard InChI is InChI=1S/C14H22N2O3S/c1-3-9-15-13-8-6-5-7-12(13)14(17)16-10-11-20(18,19)4-2/h5-8,15H,3-4,9-11H2,1-2H3,(H,16,17). The Morgan fingerprint density at radius 3 is 2.50 bits per heavy atom. The Bertz CT molecular complexity index is 541. The molecule has 112 valence electrons. The van der Waals surface area contributed by atoms with E-state index in [9.17, 15) is 13.2 Å². The van der Waals surface area contributed by atoms with Gasteiger partial charge in [-0.15, -0.1) is 0 Å². The Morgan fingerprint density at radius 2 is 1.85 bits per heavy atom. The van der Waals surface area contributed by atoms with Gasteiger partial charge >= 0.3 is 0 Å². The average Bonchev–Trinajstić information content (AvgIpc) is 2.45. The molecule has 0 heterocycles. The molecule has 0 spiro atoms. The minimum atomic E-state index is -3.05. The van der Waals surface area contributed by atoms with Crippen LogP contribution in [0.4, 0.5) is 5.69 Å².